The zero-order valence-corrected chi connectivity index (χ0v) is 16.1. The molecule has 1 N–H and O–H groups in total. The third kappa shape index (κ3) is 5.35. The van der Waals surface area contributed by atoms with Crippen molar-refractivity contribution < 1.29 is 14.3 Å². The number of methoxy groups -OCH3 is 1. The molecule has 0 heterocycles. The molecule has 0 saturated carbocycles. The van der Waals surface area contributed by atoms with Crippen molar-refractivity contribution in [2.45, 2.75) is 27.2 Å². The monoisotopic (exact) mass is 364 g/mol. The van der Waals surface area contributed by atoms with Crippen LogP contribution in [0, 0.1) is 25.2 Å². The molecular formula is C22H24N2O3. The molecule has 0 fully saturated rings. The van der Waals surface area contributed by atoms with E-state index in [-0.39, 0.29) is 5.57 Å². The molecule has 0 aromatic heterocycles. The molecule has 27 heavy (non-hydrogen) atoms. The van der Waals surface area contributed by atoms with Gasteiger partial charge >= 0.3 is 0 Å². The molecule has 0 aliphatic heterocycles. The van der Waals surface area contributed by atoms with Gasteiger partial charge in [-0.2, -0.15) is 5.26 Å². The summed E-state index contributed by atoms with van der Waals surface area (Å²) in [5.41, 5.74) is 3.39. The Morgan fingerprint density at radius 1 is 1.22 bits per heavy atom. The lowest BCUT2D eigenvalue weighted by molar-refractivity contribution is -0.112. The van der Waals surface area contributed by atoms with Gasteiger partial charge in [0.05, 0.1) is 13.7 Å². The number of carbonyl (C=O) groups excluding carboxylic acids is 1. The highest BCUT2D eigenvalue weighted by Gasteiger charge is 2.13. The highest BCUT2D eigenvalue weighted by Crippen LogP contribution is 2.27. The first-order chi connectivity index (χ1) is 13.0. The Morgan fingerprint density at radius 2 is 2.00 bits per heavy atom. The number of hydrogen-bond acceptors (Lipinski definition) is 4. The van der Waals surface area contributed by atoms with E-state index >= 15 is 0 Å². The van der Waals surface area contributed by atoms with Crippen LogP contribution in [0.25, 0.3) is 6.08 Å². The molecule has 5 nitrogen and oxygen atoms in total. The summed E-state index contributed by atoms with van der Waals surface area (Å²) in [4.78, 5) is 12.6. The maximum Gasteiger partial charge on any atom is 0.266 e. The van der Waals surface area contributed by atoms with Crippen LogP contribution >= 0.6 is 0 Å². The SMILES string of the molecule is CCCOc1cc(OC)ccc1/C=C(\C#N)C(=O)Nc1ccc(C)cc1C. The Kier molecular flexibility index (Phi) is 7.01. The minimum atomic E-state index is -0.457. The molecule has 0 saturated heterocycles. The van der Waals surface area contributed by atoms with Crippen molar-refractivity contribution in [3.63, 3.8) is 0 Å². The summed E-state index contributed by atoms with van der Waals surface area (Å²) in [6.45, 7) is 6.44. The van der Waals surface area contributed by atoms with Gasteiger partial charge in [0.1, 0.15) is 23.1 Å². The highest BCUT2D eigenvalue weighted by molar-refractivity contribution is 6.10. The predicted octanol–water partition coefficient (Wildman–Crippen LogP) is 4.65. The Morgan fingerprint density at radius 3 is 2.63 bits per heavy atom. The second-order valence-corrected chi connectivity index (χ2v) is 6.19. The van der Waals surface area contributed by atoms with Crippen LogP contribution in [-0.4, -0.2) is 19.6 Å². The van der Waals surface area contributed by atoms with Gasteiger partial charge < -0.3 is 14.8 Å². The number of amides is 1. The highest BCUT2D eigenvalue weighted by atomic mass is 16.5. The van der Waals surface area contributed by atoms with Gasteiger partial charge in [-0.05, 0) is 50.1 Å². The van der Waals surface area contributed by atoms with Crippen LogP contribution in [0.4, 0.5) is 5.69 Å². The van der Waals surface area contributed by atoms with Crippen molar-refractivity contribution in [2.75, 3.05) is 19.0 Å². The minimum Gasteiger partial charge on any atom is -0.497 e. The number of hydrogen-bond donors (Lipinski definition) is 1. The van der Waals surface area contributed by atoms with Gasteiger partial charge in [0.25, 0.3) is 5.91 Å². The van der Waals surface area contributed by atoms with Crippen molar-refractivity contribution in [2.24, 2.45) is 0 Å². The van der Waals surface area contributed by atoms with Crippen LogP contribution in [0.5, 0.6) is 11.5 Å². The third-order valence-electron chi connectivity index (χ3n) is 3.98. The lowest BCUT2D eigenvalue weighted by atomic mass is 10.1. The number of carbonyl (C=O) groups is 1. The summed E-state index contributed by atoms with van der Waals surface area (Å²) in [6, 6.07) is 13.0. The number of nitriles is 1. The predicted molar refractivity (Wildman–Crippen MR) is 107 cm³/mol. The normalized spacial score (nSPS) is 10.9. The lowest BCUT2D eigenvalue weighted by Gasteiger charge is -2.11. The summed E-state index contributed by atoms with van der Waals surface area (Å²) in [6.07, 6.45) is 2.38. The topological polar surface area (TPSA) is 71.3 Å². The number of benzene rings is 2. The molecule has 0 spiro atoms. The fraction of sp³-hybridized carbons (Fsp3) is 0.273. The van der Waals surface area contributed by atoms with Crippen LogP contribution in [-0.2, 0) is 4.79 Å². The van der Waals surface area contributed by atoms with Crippen molar-refractivity contribution in [1.29, 1.82) is 5.26 Å². The maximum atomic E-state index is 12.6. The summed E-state index contributed by atoms with van der Waals surface area (Å²) < 4.78 is 11.0. The number of nitrogens with one attached hydrogen (secondary N) is 1. The van der Waals surface area contributed by atoms with E-state index in [0.29, 0.717) is 29.4 Å². The molecule has 2 aromatic carbocycles. The average molecular weight is 364 g/mol. The minimum absolute atomic E-state index is 0.00138. The maximum absolute atomic E-state index is 12.6. The van der Waals surface area contributed by atoms with Gasteiger partial charge in [-0.3, -0.25) is 4.79 Å². The summed E-state index contributed by atoms with van der Waals surface area (Å²) in [5.74, 6) is 0.765. The quantitative estimate of drug-likeness (QED) is 0.573. The Balaban J connectivity index is 2.31. The second kappa shape index (κ2) is 9.44. The zero-order chi connectivity index (χ0) is 19.8. The average Bonchev–Trinajstić information content (AvgIpc) is 2.66. The van der Waals surface area contributed by atoms with Crippen molar-refractivity contribution in [1.82, 2.24) is 0 Å². The van der Waals surface area contributed by atoms with E-state index in [1.54, 1.807) is 25.3 Å². The molecule has 5 heteroatoms. The standard InChI is InChI=1S/C22H24N2O3/c1-5-10-27-21-13-19(26-4)8-7-17(21)12-18(14-23)22(25)24-20-9-6-15(2)11-16(20)3/h6-9,11-13H,5,10H2,1-4H3,(H,24,25)/b18-12+. The molecule has 0 bridgehead atoms. The van der Waals surface area contributed by atoms with Crippen molar-refractivity contribution >= 4 is 17.7 Å². The first-order valence-electron chi connectivity index (χ1n) is 8.79. The smallest absolute Gasteiger partial charge is 0.266 e. The summed E-state index contributed by atoms with van der Waals surface area (Å²) in [7, 11) is 1.58. The molecule has 0 radical (unpaired) electrons. The van der Waals surface area contributed by atoms with E-state index in [2.05, 4.69) is 5.32 Å². The van der Waals surface area contributed by atoms with Crippen LogP contribution in [0.1, 0.15) is 30.0 Å². The van der Waals surface area contributed by atoms with Gasteiger partial charge in [-0.15, -0.1) is 0 Å². The summed E-state index contributed by atoms with van der Waals surface area (Å²) in [5, 5.41) is 12.3. The van der Waals surface area contributed by atoms with Crippen LogP contribution in [0.2, 0.25) is 0 Å². The van der Waals surface area contributed by atoms with E-state index < -0.39 is 5.91 Å². The third-order valence-corrected chi connectivity index (χ3v) is 3.98. The van der Waals surface area contributed by atoms with E-state index in [0.717, 1.165) is 17.5 Å². The molecule has 0 aliphatic rings. The van der Waals surface area contributed by atoms with Crippen molar-refractivity contribution in [3.8, 4) is 17.6 Å². The first kappa shape index (κ1) is 20.1. The van der Waals surface area contributed by atoms with Crippen molar-refractivity contribution in [3.05, 3.63) is 58.7 Å². The van der Waals surface area contributed by atoms with Gasteiger partial charge in [-0.25, -0.2) is 0 Å². The van der Waals surface area contributed by atoms with Gasteiger partial charge in [-0.1, -0.05) is 24.6 Å². The molecule has 2 aromatic rings. The Hall–Kier alpha value is -3.26. The molecular weight excluding hydrogens is 340 g/mol. The van der Waals surface area contributed by atoms with E-state index in [1.807, 2.05) is 45.0 Å². The fourth-order valence-electron chi connectivity index (χ4n) is 2.55. The largest absolute Gasteiger partial charge is 0.497 e. The van der Waals surface area contributed by atoms with E-state index in [1.165, 1.54) is 6.08 Å². The second-order valence-electron chi connectivity index (χ2n) is 6.19. The zero-order valence-electron chi connectivity index (χ0n) is 16.1. The molecule has 1 amide bonds. The molecule has 0 atom stereocenters. The first-order valence-corrected chi connectivity index (χ1v) is 8.79. The summed E-state index contributed by atoms with van der Waals surface area (Å²) >= 11 is 0. The Labute approximate surface area is 160 Å². The molecule has 0 aliphatic carbocycles. The number of rotatable bonds is 7. The number of aryl methyl sites for hydroxylation is 2. The van der Waals surface area contributed by atoms with Crippen LogP contribution in [0.3, 0.4) is 0 Å². The van der Waals surface area contributed by atoms with Gasteiger partial charge in [0.15, 0.2) is 0 Å². The number of ether oxygens (including phenoxy) is 2. The number of anilines is 1. The lowest BCUT2D eigenvalue weighted by Crippen LogP contribution is -2.14. The molecule has 2 rings (SSSR count). The van der Waals surface area contributed by atoms with E-state index in [4.69, 9.17) is 9.47 Å². The fourth-order valence-corrected chi connectivity index (χ4v) is 2.55. The van der Waals surface area contributed by atoms with Crippen LogP contribution < -0.4 is 14.8 Å². The van der Waals surface area contributed by atoms with Gasteiger partial charge in [0, 0.05) is 17.3 Å². The van der Waals surface area contributed by atoms with E-state index in [9.17, 15) is 10.1 Å². The Bertz CT molecular complexity index is 895. The number of nitrogens with zero attached hydrogens (tertiary/aromatic N) is 1. The van der Waals surface area contributed by atoms with Gasteiger partial charge in [0.2, 0.25) is 0 Å². The molecule has 0 unspecified atom stereocenters. The molecule has 140 valence electrons. The van der Waals surface area contributed by atoms with Crippen LogP contribution in [0.15, 0.2) is 42.0 Å².